The van der Waals surface area contributed by atoms with Gasteiger partial charge in [0, 0.05) is 6.54 Å². The molecule has 0 spiro atoms. The van der Waals surface area contributed by atoms with Gasteiger partial charge in [-0.05, 0) is 17.7 Å². The fourth-order valence-electron chi connectivity index (χ4n) is 1.50. The molecule has 0 saturated heterocycles. The molecule has 20 heavy (non-hydrogen) atoms. The first-order chi connectivity index (χ1) is 9.60. The third-order valence-electron chi connectivity index (χ3n) is 2.47. The predicted molar refractivity (Wildman–Crippen MR) is 70.2 cm³/mol. The van der Waals surface area contributed by atoms with Gasteiger partial charge in [0.2, 0.25) is 11.8 Å². The Morgan fingerprint density at radius 3 is 2.65 bits per heavy atom. The third kappa shape index (κ3) is 3.14. The molecule has 1 heterocycles. The van der Waals surface area contributed by atoms with Crippen LogP contribution >= 0.6 is 0 Å². The fourth-order valence-corrected chi connectivity index (χ4v) is 1.50. The van der Waals surface area contributed by atoms with E-state index in [0.29, 0.717) is 0 Å². The zero-order chi connectivity index (χ0) is 14.5. The molecule has 0 bridgehead atoms. The lowest BCUT2D eigenvalue weighted by atomic mass is 10.2. The van der Waals surface area contributed by atoms with E-state index in [-0.39, 0.29) is 29.8 Å². The van der Waals surface area contributed by atoms with Gasteiger partial charge < -0.3 is 5.32 Å². The Labute approximate surface area is 113 Å². The molecule has 0 aliphatic heterocycles. The zero-order valence-electron chi connectivity index (χ0n) is 10.2. The summed E-state index contributed by atoms with van der Waals surface area (Å²) in [6.45, 7) is 0.252. The van der Waals surface area contributed by atoms with Gasteiger partial charge in [0.05, 0.1) is 4.92 Å². The van der Waals surface area contributed by atoms with Crippen LogP contribution in [0.2, 0.25) is 0 Å². The molecule has 0 radical (unpaired) electrons. The smallest absolute Gasteiger partial charge is 0.329 e. The van der Waals surface area contributed by atoms with Crippen molar-refractivity contribution in [2.45, 2.75) is 6.54 Å². The van der Waals surface area contributed by atoms with Crippen molar-refractivity contribution >= 4 is 17.5 Å². The molecular formula is C11H11FN6O2. The van der Waals surface area contributed by atoms with Gasteiger partial charge in [0.1, 0.15) is 12.0 Å². The van der Waals surface area contributed by atoms with Crippen molar-refractivity contribution in [2.75, 3.05) is 10.7 Å². The van der Waals surface area contributed by atoms with Gasteiger partial charge in [-0.2, -0.15) is 4.98 Å². The van der Waals surface area contributed by atoms with Crippen molar-refractivity contribution in [3.8, 4) is 0 Å². The van der Waals surface area contributed by atoms with Gasteiger partial charge in [-0.1, -0.05) is 12.1 Å². The molecule has 1 aromatic carbocycles. The fraction of sp³-hybridized carbons (Fsp3) is 0.0909. The second-order valence-corrected chi connectivity index (χ2v) is 3.81. The number of nitrogen functional groups attached to an aromatic ring is 1. The number of nitrogens with one attached hydrogen (secondary N) is 2. The zero-order valence-corrected chi connectivity index (χ0v) is 10.2. The van der Waals surface area contributed by atoms with Gasteiger partial charge in [0.25, 0.3) is 0 Å². The first-order valence-electron chi connectivity index (χ1n) is 5.56. The van der Waals surface area contributed by atoms with E-state index in [1.54, 1.807) is 12.1 Å². The number of hydrazine groups is 1. The number of nitrogens with two attached hydrogens (primary N) is 1. The topological polar surface area (TPSA) is 119 Å². The molecule has 1 aromatic heterocycles. The summed E-state index contributed by atoms with van der Waals surface area (Å²) in [6, 6.07) is 5.74. The molecule has 9 heteroatoms. The van der Waals surface area contributed by atoms with Crippen LogP contribution in [-0.2, 0) is 6.54 Å². The van der Waals surface area contributed by atoms with Crippen LogP contribution in [0.4, 0.5) is 21.8 Å². The highest BCUT2D eigenvalue weighted by molar-refractivity contribution is 5.56. The summed E-state index contributed by atoms with van der Waals surface area (Å²) in [6.07, 6.45) is 1.05. The Kier molecular flexibility index (Phi) is 4.01. The maximum atomic E-state index is 12.8. The summed E-state index contributed by atoms with van der Waals surface area (Å²) in [7, 11) is 0. The summed E-state index contributed by atoms with van der Waals surface area (Å²) in [5.41, 5.74) is 2.68. The minimum absolute atomic E-state index is 0.0299. The minimum atomic E-state index is -0.604. The Balaban J connectivity index is 2.18. The molecule has 2 aromatic rings. The van der Waals surface area contributed by atoms with Crippen LogP contribution in [0.25, 0.3) is 0 Å². The Bertz CT molecular complexity index is 619. The van der Waals surface area contributed by atoms with E-state index in [9.17, 15) is 14.5 Å². The molecule has 8 nitrogen and oxygen atoms in total. The first-order valence-corrected chi connectivity index (χ1v) is 5.56. The summed E-state index contributed by atoms with van der Waals surface area (Å²) in [5, 5.41) is 13.7. The first kappa shape index (κ1) is 13.6. The van der Waals surface area contributed by atoms with Crippen LogP contribution in [-0.4, -0.2) is 14.9 Å². The normalized spacial score (nSPS) is 10.1. The second-order valence-electron chi connectivity index (χ2n) is 3.81. The van der Waals surface area contributed by atoms with E-state index < -0.39 is 4.92 Å². The van der Waals surface area contributed by atoms with Gasteiger partial charge >= 0.3 is 5.69 Å². The van der Waals surface area contributed by atoms with E-state index in [0.717, 1.165) is 11.8 Å². The number of rotatable bonds is 5. The lowest BCUT2D eigenvalue weighted by Gasteiger charge is -2.07. The van der Waals surface area contributed by atoms with Crippen molar-refractivity contribution in [3.63, 3.8) is 0 Å². The number of nitrogens with zero attached hydrogens (tertiary/aromatic N) is 3. The van der Waals surface area contributed by atoms with Crippen LogP contribution in [0.3, 0.4) is 0 Å². The Morgan fingerprint density at radius 1 is 1.35 bits per heavy atom. The summed E-state index contributed by atoms with van der Waals surface area (Å²) < 4.78 is 12.8. The summed E-state index contributed by atoms with van der Waals surface area (Å²) in [5.74, 6) is 4.89. The lowest BCUT2D eigenvalue weighted by Crippen LogP contribution is -2.13. The molecule has 0 fully saturated rings. The van der Waals surface area contributed by atoms with Crippen LogP contribution in [0, 0.1) is 15.9 Å². The number of benzene rings is 1. The number of anilines is 2. The average Bonchev–Trinajstić information content (AvgIpc) is 2.46. The number of aromatic nitrogens is 2. The van der Waals surface area contributed by atoms with Crippen molar-refractivity contribution in [1.82, 2.24) is 9.97 Å². The highest BCUT2D eigenvalue weighted by atomic mass is 19.1. The van der Waals surface area contributed by atoms with Crippen LogP contribution < -0.4 is 16.6 Å². The predicted octanol–water partition coefficient (Wildman–Crippen LogP) is 1.42. The average molecular weight is 278 g/mol. The molecule has 104 valence electrons. The largest absolute Gasteiger partial charge is 0.360 e. The Morgan fingerprint density at radius 2 is 2.05 bits per heavy atom. The van der Waals surface area contributed by atoms with Crippen LogP contribution in [0.1, 0.15) is 5.56 Å². The maximum Gasteiger partial charge on any atom is 0.329 e. The standard InChI is InChI=1S/C11H11FN6O2/c12-8-3-1-7(2-4-8)5-14-10-9(18(19)20)6-15-11(16-10)17-13/h1-4,6H,5,13H2,(H2,14,15,16,17). The number of hydrogen-bond donors (Lipinski definition) is 3. The lowest BCUT2D eigenvalue weighted by molar-refractivity contribution is -0.384. The molecule has 4 N–H and O–H groups in total. The van der Waals surface area contributed by atoms with E-state index in [1.165, 1.54) is 12.1 Å². The molecule has 0 atom stereocenters. The van der Waals surface area contributed by atoms with Crippen LogP contribution in [0.15, 0.2) is 30.5 Å². The van der Waals surface area contributed by atoms with Crippen LogP contribution in [0.5, 0.6) is 0 Å². The number of halogens is 1. The minimum Gasteiger partial charge on any atom is -0.360 e. The second kappa shape index (κ2) is 5.89. The molecule has 0 amide bonds. The molecule has 2 rings (SSSR count). The van der Waals surface area contributed by atoms with Gasteiger partial charge in [0.15, 0.2) is 0 Å². The SMILES string of the molecule is NNc1ncc([N+](=O)[O-])c(NCc2ccc(F)cc2)n1. The van der Waals surface area contributed by atoms with Crippen molar-refractivity contribution in [1.29, 1.82) is 0 Å². The van der Waals surface area contributed by atoms with E-state index in [1.807, 2.05) is 0 Å². The molecule has 0 saturated carbocycles. The number of nitro groups is 1. The molecule has 0 unspecified atom stereocenters. The summed E-state index contributed by atoms with van der Waals surface area (Å²) in [4.78, 5) is 17.8. The van der Waals surface area contributed by atoms with Gasteiger partial charge in [-0.3, -0.25) is 15.5 Å². The van der Waals surface area contributed by atoms with Crippen molar-refractivity contribution in [2.24, 2.45) is 5.84 Å². The highest BCUT2D eigenvalue weighted by Gasteiger charge is 2.16. The quantitative estimate of drug-likeness (QED) is 0.430. The highest BCUT2D eigenvalue weighted by Crippen LogP contribution is 2.22. The van der Waals surface area contributed by atoms with E-state index in [2.05, 4.69) is 20.7 Å². The number of hydrogen-bond acceptors (Lipinski definition) is 7. The summed E-state index contributed by atoms with van der Waals surface area (Å²) >= 11 is 0. The molecule has 0 aliphatic rings. The third-order valence-corrected chi connectivity index (χ3v) is 2.47. The van der Waals surface area contributed by atoms with Crippen molar-refractivity contribution in [3.05, 3.63) is 52.0 Å². The van der Waals surface area contributed by atoms with E-state index >= 15 is 0 Å². The Hall–Kier alpha value is -2.81. The van der Waals surface area contributed by atoms with Gasteiger partial charge in [-0.25, -0.2) is 15.2 Å². The molecular weight excluding hydrogens is 267 g/mol. The van der Waals surface area contributed by atoms with Gasteiger partial charge in [-0.15, -0.1) is 0 Å². The maximum absolute atomic E-state index is 12.8. The molecule has 0 aliphatic carbocycles. The van der Waals surface area contributed by atoms with Crippen molar-refractivity contribution < 1.29 is 9.31 Å². The van der Waals surface area contributed by atoms with E-state index in [4.69, 9.17) is 5.84 Å². The monoisotopic (exact) mass is 278 g/mol.